The molecular formula is C10H19N3OS. The lowest BCUT2D eigenvalue weighted by molar-refractivity contribution is 0.187. The van der Waals surface area contributed by atoms with E-state index in [1.54, 1.807) is 18.4 Å². The zero-order valence-electron chi connectivity index (χ0n) is 9.32. The van der Waals surface area contributed by atoms with Gasteiger partial charge >= 0.3 is 0 Å². The molecule has 0 saturated heterocycles. The fourth-order valence-corrected chi connectivity index (χ4v) is 1.98. The highest BCUT2D eigenvalue weighted by molar-refractivity contribution is 7.11. The summed E-state index contributed by atoms with van der Waals surface area (Å²) in [5.74, 6) is 0. The minimum absolute atomic E-state index is 0.158. The van der Waals surface area contributed by atoms with E-state index in [0.29, 0.717) is 0 Å². The summed E-state index contributed by atoms with van der Waals surface area (Å²) in [6, 6.07) is 0.158. The number of thiazole rings is 1. The number of hydrogen-bond acceptors (Lipinski definition) is 5. The van der Waals surface area contributed by atoms with Gasteiger partial charge in [0.15, 0.2) is 0 Å². The van der Waals surface area contributed by atoms with Crippen LogP contribution >= 0.6 is 11.3 Å². The maximum Gasteiger partial charge on any atom is 0.107 e. The van der Waals surface area contributed by atoms with E-state index in [0.717, 1.165) is 31.1 Å². The Hall–Kier alpha value is -0.490. The van der Waals surface area contributed by atoms with Gasteiger partial charge in [-0.05, 0) is 13.3 Å². The second kappa shape index (κ2) is 6.90. The Morgan fingerprint density at radius 1 is 1.67 bits per heavy atom. The van der Waals surface area contributed by atoms with Crippen molar-refractivity contribution in [2.75, 3.05) is 20.3 Å². The van der Waals surface area contributed by atoms with E-state index in [1.165, 1.54) is 4.88 Å². The first-order valence-corrected chi connectivity index (χ1v) is 5.90. The number of methoxy groups -OCH3 is 1. The molecule has 4 nitrogen and oxygen atoms in total. The molecule has 0 aliphatic rings. The lowest BCUT2D eigenvalue weighted by Crippen LogP contribution is -2.34. The molecular weight excluding hydrogens is 210 g/mol. The fourth-order valence-electron chi connectivity index (χ4n) is 1.22. The van der Waals surface area contributed by atoms with Crippen LogP contribution in [0.25, 0.3) is 0 Å². The van der Waals surface area contributed by atoms with Gasteiger partial charge in [0.05, 0.1) is 0 Å². The lowest BCUT2D eigenvalue weighted by Gasteiger charge is -2.10. The van der Waals surface area contributed by atoms with Crippen molar-refractivity contribution in [3.63, 3.8) is 0 Å². The van der Waals surface area contributed by atoms with E-state index in [9.17, 15) is 0 Å². The molecule has 0 aliphatic carbocycles. The number of ether oxygens (including phenoxy) is 1. The van der Waals surface area contributed by atoms with Crippen molar-refractivity contribution >= 4 is 11.3 Å². The normalized spacial score (nSPS) is 13.0. The molecule has 1 rings (SSSR count). The third-order valence-electron chi connectivity index (χ3n) is 2.04. The van der Waals surface area contributed by atoms with Gasteiger partial charge in [0.25, 0.3) is 0 Å². The van der Waals surface area contributed by atoms with Crippen LogP contribution in [0.5, 0.6) is 0 Å². The van der Waals surface area contributed by atoms with Crippen LogP contribution in [0.15, 0.2) is 6.20 Å². The van der Waals surface area contributed by atoms with Crippen LogP contribution in [0.1, 0.15) is 16.3 Å². The first kappa shape index (κ1) is 12.6. The summed E-state index contributed by atoms with van der Waals surface area (Å²) in [5, 5.41) is 4.41. The lowest BCUT2D eigenvalue weighted by atomic mass is 10.2. The molecule has 0 saturated carbocycles. The van der Waals surface area contributed by atoms with Crippen molar-refractivity contribution < 1.29 is 4.74 Å². The molecule has 1 aromatic heterocycles. The summed E-state index contributed by atoms with van der Waals surface area (Å²) in [6.07, 6.45) is 2.78. The molecule has 0 aliphatic heterocycles. The van der Waals surface area contributed by atoms with E-state index < -0.39 is 0 Å². The number of nitrogens with two attached hydrogens (primary N) is 1. The van der Waals surface area contributed by atoms with Crippen molar-refractivity contribution in [3.8, 4) is 0 Å². The zero-order valence-corrected chi connectivity index (χ0v) is 10.1. The predicted octanol–water partition coefficient (Wildman–Crippen LogP) is 0.905. The average molecular weight is 229 g/mol. The first-order chi connectivity index (χ1) is 7.22. The van der Waals surface area contributed by atoms with Crippen molar-refractivity contribution in [2.45, 2.75) is 25.9 Å². The van der Waals surface area contributed by atoms with Gasteiger partial charge in [-0.15, -0.1) is 11.3 Å². The molecule has 3 N–H and O–H groups in total. The SMILES string of the molecule is COCCC(N)CNCc1ncc(C)s1. The molecule has 0 bridgehead atoms. The monoisotopic (exact) mass is 229 g/mol. The fraction of sp³-hybridized carbons (Fsp3) is 0.700. The predicted molar refractivity (Wildman–Crippen MR) is 63.0 cm³/mol. The summed E-state index contributed by atoms with van der Waals surface area (Å²) >= 11 is 1.72. The Kier molecular flexibility index (Phi) is 5.78. The summed E-state index contributed by atoms with van der Waals surface area (Å²) in [5.41, 5.74) is 5.87. The number of nitrogens with one attached hydrogen (secondary N) is 1. The topological polar surface area (TPSA) is 60.2 Å². The molecule has 1 unspecified atom stereocenters. The van der Waals surface area contributed by atoms with Gasteiger partial charge in [0.2, 0.25) is 0 Å². The molecule has 15 heavy (non-hydrogen) atoms. The van der Waals surface area contributed by atoms with E-state index in [2.05, 4.69) is 17.2 Å². The molecule has 1 heterocycles. The Bertz CT molecular complexity index is 277. The molecule has 1 atom stereocenters. The van der Waals surface area contributed by atoms with Crippen molar-refractivity contribution in [1.29, 1.82) is 0 Å². The molecule has 0 amide bonds. The highest BCUT2D eigenvalue weighted by Gasteiger charge is 2.02. The van der Waals surface area contributed by atoms with Crippen LogP contribution in [-0.2, 0) is 11.3 Å². The van der Waals surface area contributed by atoms with Gasteiger partial charge in [0.1, 0.15) is 5.01 Å². The van der Waals surface area contributed by atoms with Crippen molar-refractivity contribution in [1.82, 2.24) is 10.3 Å². The van der Waals surface area contributed by atoms with Gasteiger partial charge in [-0.3, -0.25) is 0 Å². The quantitative estimate of drug-likeness (QED) is 0.729. The van der Waals surface area contributed by atoms with Crippen molar-refractivity contribution in [2.24, 2.45) is 5.73 Å². The third kappa shape index (κ3) is 5.22. The summed E-state index contributed by atoms with van der Waals surface area (Å²) in [6.45, 7) is 4.39. The molecule has 0 aromatic carbocycles. The maximum atomic E-state index is 5.87. The Morgan fingerprint density at radius 3 is 3.07 bits per heavy atom. The average Bonchev–Trinajstić information content (AvgIpc) is 2.61. The van der Waals surface area contributed by atoms with Crippen LogP contribution in [0.2, 0.25) is 0 Å². The number of aromatic nitrogens is 1. The molecule has 1 aromatic rings. The number of hydrogen-bond donors (Lipinski definition) is 2. The molecule has 86 valence electrons. The minimum Gasteiger partial charge on any atom is -0.385 e. The van der Waals surface area contributed by atoms with Crippen LogP contribution in [0.3, 0.4) is 0 Å². The van der Waals surface area contributed by atoms with Gasteiger partial charge < -0.3 is 15.8 Å². The summed E-state index contributed by atoms with van der Waals surface area (Å²) < 4.78 is 4.96. The standard InChI is InChI=1S/C10H19N3OS/c1-8-5-13-10(15-8)7-12-6-9(11)3-4-14-2/h5,9,12H,3-4,6-7,11H2,1-2H3. The first-order valence-electron chi connectivity index (χ1n) is 5.09. The van der Waals surface area contributed by atoms with E-state index in [-0.39, 0.29) is 6.04 Å². The molecule has 5 heteroatoms. The zero-order chi connectivity index (χ0) is 11.1. The number of aryl methyl sites for hydroxylation is 1. The highest BCUT2D eigenvalue weighted by Crippen LogP contribution is 2.10. The van der Waals surface area contributed by atoms with Gasteiger partial charge in [-0.1, -0.05) is 0 Å². The van der Waals surface area contributed by atoms with E-state index in [1.807, 2.05) is 6.20 Å². The van der Waals surface area contributed by atoms with Crippen LogP contribution in [0, 0.1) is 6.92 Å². The second-order valence-electron chi connectivity index (χ2n) is 3.54. The number of rotatable bonds is 7. The largest absolute Gasteiger partial charge is 0.385 e. The highest BCUT2D eigenvalue weighted by atomic mass is 32.1. The Labute approximate surface area is 94.8 Å². The van der Waals surface area contributed by atoms with Gasteiger partial charge in [0, 0.05) is 43.9 Å². The van der Waals surface area contributed by atoms with Crippen LogP contribution in [0.4, 0.5) is 0 Å². The third-order valence-corrected chi connectivity index (χ3v) is 2.96. The summed E-state index contributed by atoms with van der Waals surface area (Å²) in [7, 11) is 1.69. The second-order valence-corrected chi connectivity index (χ2v) is 4.86. The Balaban J connectivity index is 2.10. The maximum absolute atomic E-state index is 5.87. The van der Waals surface area contributed by atoms with Gasteiger partial charge in [-0.2, -0.15) is 0 Å². The smallest absolute Gasteiger partial charge is 0.107 e. The van der Waals surface area contributed by atoms with Crippen molar-refractivity contribution in [3.05, 3.63) is 16.1 Å². The molecule has 0 fully saturated rings. The molecule has 0 spiro atoms. The van der Waals surface area contributed by atoms with Gasteiger partial charge in [-0.25, -0.2) is 4.98 Å². The summed E-state index contributed by atoms with van der Waals surface area (Å²) in [4.78, 5) is 5.51. The van der Waals surface area contributed by atoms with E-state index in [4.69, 9.17) is 10.5 Å². The van der Waals surface area contributed by atoms with Crippen LogP contribution < -0.4 is 11.1 Å². The van der Waals surface area contributed by atoms with E-state index >= 15 is 0 Å². The van der Waals surface area contributed by atoms with Crippen LogP contribution in [-0.4, -0.2) is 31.3 Å². The minimum atomic E-state index is 0.158. The number of nitrogens with zero attached hydrogens (tertiary/aromatic N) is 1. The Morgan fingerprint density at radius 2 is 2.47 bits per heavy atom. The molecule has 0 radical (unpaired) electrons.